The molecule has 0 aromatic heterocycles. The van der Waals surface area contributed by atoms with E-state index in [9.17, 15) is 15.3 Å². The van der Waals surface area contributed by atoms with Gasteiger partial charge in [-0.3, -0.25) is 4.90 Å². The van der Waals surface area contributed by atoms with Crippen LogP contribution in [0.2, 0.25) is 0 Å². The molecular formula is C16H25NO3. The molecule has 1 fully saturated rings. The Morgan fingerprint density at radius 3 is 2.20 bits per heavy atom. The summed E-state index contributed by atoms with van der Waals surface area (Å²) in [5, 5.41) is 29.3. The number of rotatable bonds is 4. The Morgan fingerprint density at radius 2 is 1.70 bits per heavy atom. The zero-order valence-electron chi connectivity index (χ0n) is 12.4. The molecule has 1 aliphatic heterocycles. The molecule has 0 saturated carbocycles. The molecule has 2 rings (SSSR count). The van der Waals surface area contributed by atoms with Crippen molar-refractivity contribution in [2.75, 3.05) is 6.61 Å². The van der Waals surface area contributed by atoms with Gasteiger partial charge in [0.1, 0.15) is 0 Å². The summed E-state index contributed by atoms with van der Waals surface area (Å²) in [5.41, 5.74) is 2.42. The molecule has 112 valence electrons. The highest BCUT2D eigenvalue weighted by Crippen LogP contribution is 2.27. The lowest BCUT2D eigenvalue weighted by Crippen LogP contribution is -2.40. The fourth-order valence-corrected chi connectivity index (χ4v) is 2.90. The molecule has 3 N–H and O–H groups in total. The fourth-order valence-electron chi connectivity index (χ4n) is 2.90. The summed E-state index contributed by atoms with van der Waals surface area (Å²) in [7, 11) is 0. The van der Waals surface area contributed by atoms with Gasteiger partial charge in [0.15, 0.2) is 0 Å². The lowest BCUT2D eigenvalue weighted by atomic mass is 10.0. The first-order chi connectivity index (χ1) is 9.45. The first-order valence-electron chi connectivity index (χ1n) is 7.27. The van der Waals surface area contributed by atoms with Crippen molar-refractivity contribution in [3.05, 3.63) is 35.4 Å². The Morgan fingerprint density at radius 1 is 1.10 bits per heavy atom. The Bertz CT molecular complexity index is 432. The highest BCUT2D eigenvalue weighted by molar-refractivity contribution is 5.25. The Balaban J connectivity index is 2.12. The molecule has 0 bridgehead atoms. The van der Waals surface area contributed by atoms with E-state index in [1.54, 1.807) is 0 Å². The van der Waals surface area contributed by atoms with Crippen molar-refractivity contribution in [3.8, 4) is 0 Å². The third kappa shape index (κ3) is 2.88. The van der Waals surface area contributed by atoms with Crippen LogP contribution in [-0.4, -0.2) is 51.1 Å². The van der Waals surface area contributed by atoms with E-state index in [1.807, 2.05) is 11.8 Å². The van der Waals surface area contributed by atoms with Gasteiger partial charge in [-0.25, -0.2) is 0 Å². The maximum Gasteiger partial charge on any atom is 0.0991 e. The Kier molecular flexibility index (Phi) is 4.81. The van der Waals surface area contributed by atoms with Gasteiger partial charge in [-0.1, -0.05) is 38.1 Å². The lowest BCUT2D eigenvalue weighted by Gasteiger charge is -2.27. The molecule has 0 radical (unpaired) electrons. The van der Waals surface area contributed by atoms with Crippen LogP contribution in [0.1, 0.15) is 37.8 Å². The molecule has 4 atom stereocenters. The number of likely N-dealkylation sites (tertiary alicyclic amines) is 1. The van der Waals surface area contributed by atoms with Crippen molar-refractivity contribution < 1.29 is 15.3 Å². The van der Waals surface area contributed by atoms with E-state index in [2.05, 4.69) is 38.1 Å². The van der Waals surface area contributed by atoms with E-state index < -0.39 is 18.2 Å². The predicted molar refractivity (Wildman–Crippen MR) is 78.4 cm³/mol. The number of aliphatic hydroxyl groups excluding tert-OH is 3. The van der Waals surface area contributed by atoms with Crippen LogP contribution < -0.4 is 0 Å². The summed E-state index contributed by atoms with van der Waals surface area (Å²) in [4.78, 5) is 1.97. The summed E-state index contributed by atoms with van der Waals surface area (Å²) in [6.45, 7) is 6.68. The number of nitrogens with zero attached hydrogens (tertiary/aromatic N) is 1. The van der Waals surface area contributed by atoms with Crippen LogP contribution in [-0.2, 0) is 6.54 Å². The second-order valence-electron chi connectivity index (χ2n) is 6.04. The third-order valence-electron chi connectivity index (χ3n) is 4.39. The number of hydrogen-bond donors (Lipinski definition) is 3. The number of aliphatic hydroxyl groups is 3. The van der Waals surface area contributed by atoms with Crippen LogP contribution in [0, 0.1) is 0 Å². The van der Waals surface area contributed by atoms with Gasteiger partial charge in [0, 0.05) is 12.6 Å². The van der Waals surface area contributed by atoms with Gasteiger partial charge in [-0.15, -0.1) is 0 Å². The zero-order chi connectivity index (χ0) is 14.9. The minimum Gasteiger partial charge on any atom is -0.395 e. The second-order valence-corrected chi connectivity index (χ2v) is 6.04. The monoisotopic (exact) mass is 279 g/mol. The molecule has 1 aromatic rings. The van der Waals surface area contributed by atoms with Gasteiger partial charge in [0.2, 0.25) is 0 Å². The average molecular weight is 279 g/mol. The molecular weight excluding hydrogens is 254 g/mol. The number of benzene rings is 1. The predicted octanol–water partition coefficient (Wildman–Crippen LogP) is 1.10. The average Bonchev–Trinajstić information content (AvgIpc) is 2.64. The summed E-state index contributed by atoms with van der Waals surface area (Å²) in [6.07, 6.45) is -1.69. The van der Waals surface area contributed by atoms with Crippen molar-refractivity contribution in [2.45, 2.75) is 57.5 Å². The molecule has 0 aliphatic carbocycles. The molecule has 1 aliphatic rings. The van der Waals surface area contributed by atoms with E-state index in [1.165, 1.54) is 5.56 Å². The molecule has 1 heterocycles. The first kappa shape index (κ1) is 15.4. The van der Waals surface area contributed by atoms with Crippen LogP contribution in [0.25, 0.3) is 0 Å². The summed E-state index contributed by atoms with van der Waals surface area (Å²) >= 11 is 0. The van der Waals surface area contributed by atoms with Crippen LogP contribution >= 0.6 is 0 Å². The minimum atomic E-state index is -0.884. The largest absolute Gasteiger partial charge is 0.395 e. The van der Waals surface area contributed by atoms with E-state index in [-0.39, 0.29) is 12.6 Å². The van der Waals surface area contributed by atoms with Gasteiger partial charge in [-0.05, 0) is 24.0 Å². The smallest absolute Gasteiger partial charge is 0.0991 e. The Labute approximate surface area is 120 Å². The van der Waals surface area contributed by atoms with Crippen molar-refractivity contribution in [1.82, 2.24) is 4.90 Å². The molecule has 0 unspecified atom stereocenters. The standard InChI is InChI=1S/C16H25NO3/c1-10(2)13-6-4-12(5-7-13)8-17-11(3)15(19)16(20)14(17)9-18/h4-7,10-11,14-16,18-20H,8-9H2,1-3H3/t11-,14+,15-,16+/m0/s1. The lowest BCUT2D eigenvalue weighted by molar-refractivity contribution is 0.0186. The molecule has 0 spiro atoms. The van der Waals surface area contributed by atoms with Crippen LogP contribution in [0.4, 0.5) is 0 Å². The number of hydrogen-bond acceptors (Lipinski definition) is 4. The molecule has 4 nitrogen and oxygen atoms in total. The molecule has 20 heavy (non-hydrogen) atoms. The summed E-state index contributed by atoms with van der Waals surface area (Å²) in [5.74, 6) is 0.503. The highest BCUT2D eigenvalue weighted by atomic mass is 16.3. The summed E-state index contributed by atoms with van der Waals surface area (Å²) in [6, 6.07) is 7.82. The van der Waals surface area contributed by atoms with Gasteiger partial charge in [0.05, 0.1) is 24.9 Å². The van der Waals surface area contributed by atoms with Gasteiger partial charge < -0.3 is 15.3 Å². The SMILES string of the molecule is CC(C)c1ccc(CN2[C@H](CO)[C@@H](O)[C@@H](O)[C@@H]2C)cc1. The zero-order valence-corrected chi connectivity index (χ0v) is 12.4. The van der Waals surface area contributed by atoms with Gasteiger partial charge >= 0.3 is 0 Å². The fraction of sp³-hybridized carbons (Fsp3) is 0.625. The van der Waals surface area contributed by atoms with E-state index in [0.29, 0.717) is 12.5 Å². The maximum absolute atomic E-state index is 9.94. The van der Waals surface area contributed by atoms with Crippen LogP contribution in [0.3, 0.4) is 0 Å². The van der Waals surface area contributed by atoms with E-state index >= 15 is 0 Å². The minimum absolute atomic E-state index is 0.146. The van der Waals surface area contributed by atoms with E-state index in [4.69, 9.17) is 0 Å². The third-order valence-corrected chi connectivity index (χ3v) is 4.39. The molecule has 0 amide bonds. The topological polar surface area (TPSA) is 63.9 Å². The second kappa shape index (κ2) is 6.22. The van der Waals surface area contributed by atoms with Crippen molar-refractivity contribution in [3.63, 3.8) is 0 Å². The van der Waals surface area contributed by atoms with E-state index in [0.717, 1.165) is 5.56 Å². The van der Waals surface area contributed by atoms with Gasteiger partial charge in [0.25, 0.3) is 0 Å². The highest BCUT2D eigenvalue weighted by Gasteiger charge is 2.44. The van der Waals surface area contributed by atoms with Crippen LogP contribution in [0.15, 0.2) is 24.3 Å². The summed E-state index contributed by atoms with van der Waals surface area (Å²) < 4.78 is 0. The maximum atomic E-state index is 9.94. The van der Waals surface area contributed by atoms with Crippen molar-refractivity contribution in [2.24, 2.45) is 0 Å². The quantitative estimate of drug-likeness (QED) is 0.772. The normalized spacial score (nSPS) is 31.1. The molecule has 1 aromatic carbocycles. The first-order valence-corrected chi connectivity index (χ1v) is 7.27. The van der Waals surface area contributed by atoms with Crippen LogP contribution in [0.5, 0.6) is 0 Å². The molecule has 4 heteroatoms. The molecule has 1 saturated heterocycles. The van der Waals surface area contributed by atoms with Crippen molar-refractivity contribution >= 4 is 0 Å². The van der Waals surface area contributed by atoms with Gasteiger partial charge in [-0.2, -0.15) is 0 Å². The Hall–Kier alpha value is -0.940. The van der Waals surface area contributed by atoms with Crippen molar-refractivity contribution in [1.29, 1.82) is 0 Å².